The first-order valence-corrected chi connectivity index (χ1v) is 9.95. The summed E-state index contributed by atoms with van der Waals surface area (Å²) < 4.78 is 5.16. The molecule has 1 aromatic carbocycles. The van der Waals surface area contributed by atoms with Crippen LogP contribution in [-0.2, 0) is 22.6 Å². The molecule has 0 atom stereocenters. The number of piperidine rings is 1. The van der Waals surface area contributed by atoms with E-state index in [-0.39, 0.29) is 11.9 Å². The molecule has 0 bridgehead atoms. The summed E-state index contributed by atoms with van der Waals surface area (Å²) in [7, 11) is 4.15. The average Bonchev–Trinajstić information content (AvgIpc) is 2.66. The summed E-state index contributed by atoms with van der Waals surface area (Å²) in [5.74, 6) is 0.891. The quantitative estimate of drug-likeness (QED) is 0.451. The lowest BCUT2D eigenvalue weighted by Gasteiger charge is -2.33. The molecule has 0 amide bonds. The fraction of sp³-hybridized carbons (Fsp3) is 0.619. The van der Waals surface area contributed by atoms with Gasteiger partial charge in [-0.3, -0.25) is 4.79 Å². The molecule has 1 aliphatic heterocycles. The molecule has 1 saturated heterocycles. The van der Waals surface area contributed by atoms with E-state index in [1.165, 1.54) is 11.1 Å². The van der Waals surface area contributed by atoms with Crippen LogP contribution in [0.15, 0.2) is 29.3 Å². The highest BCUT2D eigenvalue weighted by molar-refractivity contribution is 5.80. The van der Waals surface area contributed by atoms with Gasteiger partial charge in [0.1, 0.15) is 0 Å². The van der Waals surface area contributed by atoms with E-state index in [0.29, 0.717) is 13.2 Å². The first kappa shape index (κ1) is 21.2. The zero-order valence-electron chi connectivity index (χ0n) is 17.2. The number of aliphatic imine (C=N–C) groups is 1. The molecule has 0 unspecified atom stereocenters. The molecule has 2 rings (SSSR count). The minimum absolute atomic E-state index is 0.0216. The maximum Gasteiger partial charge on any atom is 0.309 e. The zero-order chi connectivity index (χ0) is 19.6. The Balaban J connectivity index is 1.93. The Bertz CT molecular complexity index is 605. The van der Waals surface area contributed by atoms with Crippen molar-refractivity contribution < 1.29 is 9.53 Å². The smallest absolute Gasteiger partial charge is 0.309 e. The molecule has 6 heteroatoms. The van der Waals surface area contributed by atoms with E-state index in [1.54, 1.807) is 0 Å². The van der Waals surface area contributed by atoms with Gasteiger partial charge in [0.25, 0.3) is 0 Å². The molecule has 0 aliphatic carbocycles. The SMILES string of the molecule is CCNC(=NCc1ccc(CN(C)C)cc1)N1CCC(C(=O)OCC)CC1. The van der Waals surface area contributed by atoms with Crippen LogP contribution in [0, 0.1) is 5.92 Å². The summed E-state index contributed by atoms with van der Waals surface area (Å²) >= 11 is 0. The van der Waals surface area contributed by atoms with Crippen LogP contribution in [0.5, 0.6) is 0 Å². The molecule has 1 fully saturated rings. The van der Waals surface area contributed by atoms with Crippen molar-refractivity contribution in [1.82, 2.24) is 15.1 Å². The standard InChI is InChI=1S/C21H34N4O2/c1-5-22-21(25-13-11-19(12-14-25)20(26)27-6-2)23-15-17-7-9-18(10-8-17)16-24(3)4/h7-10,19H,5-6,11-16H2,1-4H3,(H,22,23). The van der Waals surface area contributed by atoms with Gasteiger partial charge in [-0.05, 0) is 51.9 Å². The molecule has 6 nitrogen and oxygen atoms in total. The van der Waals surface area contributed by atoms with Gasteiger partial charge in [-0.15, -0.1) is 0 Å². The Morgan fingerprint density at radius 3 is 2.37 bits per heavy atom. The van der Waals surface area contributed by atoms with E-state index in [0.717, 1.165) is 45.0 Å². The van der Waals surface area contributed by atoms with Gasteiger partial charge in [0, 0.05) is 26.2 Å². The lowest BCUT2D eigenvalue weighted by atomic mass is 9.97. The van der Waals surface area contributed by atoms with Gasteiger partial charge in [0.05, 0.1) is 19.1 Å². The van der Waals surface area contributed by atoms with E-state index in [2.05, 4.69) is 60.4 Å². The molecule has 0 radical (unpaired) electrons. The van der Waals surface area contributed by atoms with Gasteiger partial charge in [-0.2, -0.15) is 0 Å². The minimum Gasteiger partial charge on any atom is -0.466 e. The lowest BCUT2D eigenvalue weighted by Crippen LogP contribution is -2.46. The summed E-state index contributed by atoms with van der Waals surface area (Å²) in [6, 6.07) is 8.64. The number of carbonyl (C=O) groups is 1. The summed E-state index contributed by atoms with van der Waals surface area (Å²) in [6.45, 7) is 8.49. The van der Waals surface area contributed by atoms with Gasteiger partial charge in [-0.25, -0.2) is 4.99 Å². The van der Waals surface area contributed by atoms with Crippen molar-refractivity contribution in [2.24, 2.45) is 10.9 Å². The number of nitrogens with zero attached hydrogens (tertiary/aromatic N) is 3. The number of benzene rings is 1. The highest BCUT2D eigenvalue weighted by atomic mass is 16.5. The minimum atomic E-state index is -0.0584. The third kappa shape index (κ3) is 6.86. The van der Waals surface area contributed by atoms with Gasteiger partial charge in [0.2, 0.25) is 0 Å². The van der Waals surface area contributed by atoms with Crippen LogP contribution >= 0.6 is 0 Å². The summed E-state index contributed by atoms with van der Waals surface area (Å²) in [5.41, 5.74) is 2.51. The third-order valence-corrected chi connectivity index (χ3v) is 4.68. The molecular formula is C21H34N4O2. The predicted molar refractivity (Wildman–Crippen MR) is 110 cm³/mol. The molecule has 0 saturated carbocycles. The maximum absolute atomic E-state index is 11.9. The van der Waals surface area contributed by atoms with Crippen molar-refractivity contribution in [2.75, 3.05) is 40.3 Å². The van der Waals surface area contributed by atoms with Crippen molar-refractivity contribution in [3.63, 3.8) is 0 Å². The van der Waals surface area contributed by atoms with Crippen molar-refractivity contribution in [3.8, 4) is 0 Å². The number of hydrogen-bond donors (Lipinski definition) is 1. The monoisotopic (exact) mass is 374 g/mol. The maximum atomic E-state index is 11.9. The normalized spacial score (nSPS) is 15.9. The summed E-state index contributed by atoms with van der Waals surface area (Å²) in [5, 5.41) is 3.38. The number of hydrogen-bond acceptors (Lipinski definition) is 4. The summed E-state index contributed by atoms with van der Waals surface area (Å²) in [4.78, 5) is 21.1. The number of rotatable bonds is 7. The highest BCUT2D eigenvalue weighted by Crippen LogP contribution is 2.19. The van der Waals surface area contributed by atoms with Crippen LogP contribution in [-0.4, -0.2) is 62.1 Å². The largest absolute Gasteiger partial charge is 0.466 e. The van der Waals surface area contributed by atoms with E-state index in [1.807, 2.05) is 6.92 Å². The van der Waals surface area contributed by atoms with Crippen LogP contribution < -0.4 is 5.32 Å². The topological polar surface area (TPSA) is 57.2 Å². The molecule has 0 aromatic heterocycles. The number of nitrogens with one attached hydrogen (secondary N) is 1. The van der Waals surface area contributed by atoms with E-state index < -0.39 is 0 Å². The number of esters is 1. The van der Waals surface area contributed by atoms with Crippen LogP contribution in [0.25, 0.3) is 0 Å². The number of guanidine groups is 1. The lowest BCUT2D eigenvalue weighted by molar-refractivity contribution is -0.149. The first-order valence-electron chi connectivity index (χ1n) is 9.95. The van der Waals surface area contributed by atoms with Crippen molar-refractivity contribution in [3.05, 3.63) is 35.4 Å². The Morgan fingerprint density at radius 2 is 1.81 bits per heavy atom. The van der Waals surface area contributed by atoms with E-state index >= 15 is 0 Å². The average molecular weight is 375 g/mol. The molecule has 1 N–H and O–H groups in total. The van der Waals surface area contributed by atoms with Crippen LogP contribution in [0.3, 0.4) is 0 Å². The Labute approximate surface area is 163 Å². The second-order valence-electron chi connectivity index (χ2n) is 7.24. The molecule has 0 spiro atoms. The van der Waals surface area contributed by atoms with E-state index in [4.69, 9.17) is 9.73 Å². The molecule has 27 heavy (non-hydrogen) atoms. The van der Waals surface area contributed by atoms with Crippen LogP contribution in [0.4, 0.5) is 0 Å². The molecule has 1 aliphatic rings. The second-order valence-corrected chi connectivity index (χ2v) is 7.24. The first-order chi connectivity index (χ1) is 13.0. The van der Waals surface area contributed by atoms with Gasteiger partial charge in [-0.1, -0.05) is 24.3 Å². The van der Waals surface area contributed by atoms with Crippen molar-refractivity contribution in [1.29, 1.82) is 0 Å². The van der Waals surface area contributed by atoms with Crippen molar-refractivity contribution >= 4 is 11.9 Å². The fourth-order valence-corrected chi connectivity index (χ4v) is 3.29. The highest BCUT2D eigenvalue weighted by Gasteiger charge is 2.27. The van der Waals surface area contributed by atoms with Crippen molar-refractivity contribution in [2.45, 2.75) is 39.8 Å². The molecular weight excluding hydrogens is 340 g/mol. The predicted octanol–water partition coefficient (Wildman–Crippen LogP) is 2.49. The Morgan fingerprint density at radius 1 is 1.19 bits per heavy atom. The Kier molecular flexibility index (Phi) is 8.58. The van der Waals surface area contributed by atoms with Gasteiger partial charge < -0.3 is 19.9 Å². The fourth-order valence-electron chi connectivity index (χ4n) is 3.29. The number of ether oxygens (including phenoxy) is 1. The third-order valence-electron chi connectivity index (χ3n) is 4.68. The van der Waals surface area contributed by atoms with Gasteiger partial charge >= 0.3 is 5.97 Å². The van der Waals surface area contributed by atoms with Crippen LogP contribution in [0.1, 0.15) is 37.8 Å². The second kappa shape index (κ2) is 10.9. The molecule has 1 aromatic rings. The number of likely N-dealkylation sites (tertiary alicyclic amines) is 1. The number of carbonyl (C=O) groups excluding carboxylic acids is 1. The van der Waals surface area contributed by atoms with Crippen LogP contribution in [0.2, 0.25) is 0 Å². The Hall–Kier alpha value is -2.08. The van der Waals surface area contributed by atoms with Gasteiger partial charge in [0.15, 0.2) is 5.96 Å². The van der Waals surface area contributed by atoms with E-state index in [9.17, 15) is 4.79 Å². The summed E-state index contributed by atoms with van der Waals surface area (Å²) in [6.07, 6.45) is 1.64. The zero-order valence-corrected chi connectivity index (χ0v) is 17.2. The molecule has 1 heterocycles. The molecule has 150 valence electrons.